The summed E-state index contributed by atoms with van der Waals surface area (Å²) < 4.78 is 19.7. The monoisotopic (exact) mass is 409 g/mol. The SMILES string of the molecule is CC(C)(C)NC(=O)c1ccc(-c2cc(F)cc(C(=O)NCCc3ccccn3)c2)o1. The highest BCUT2D eigenvalue weighted by Crippen LogP contribution is 2.25. The van der Waals surface area contributed by atoms with E-state index in [0.29, 0.717) is 24.3 Å². The van der Waals surface area contributed by atoms with E-state index < -0.39 is 17.3 Å². The number of amides is 2. The molecule has 3 rings (SSSR count). The molecule has 2 N–H and O–H groups in total. The van der Waals surface area contributed by atoms with E-state index in [0.717, 1.165) is 11.8 Å². The van der Waals surface area contributed by atoms with E-state index in [1.54, 1.807) is 12.3 Å². The number of pyridine rings is 1. The number of benzene rings is 1. The lowest BCUT2D eigenvalue weighted by Gasteiger charge is -2.19. The quantitative estimate of drug-likeness (QED) is 0.645. The van der Waals surface area contributed by atoms with Gasteiger partial charge in [-0.1, -0.05) is 6.07 Å². The Bertz CT molecular complexity index is 1040. The minimum absolute atomic E-state index is 0.116. The van der Waals surface area contributed by atoms with Crippen LogP contribution in [0.15, 0.2) is 59.1 Å². The number of hydrogen-bond donors (Lipinski definition) is 2. The van der Waals surface area contributed by atoms with Gasteiger partial charge in [-0.05, 0) is 63.2 Å². The molecular formula is C23H24FN3O3. The van der Waals surface area contributed by atoms with Crippen molar-refractivity contribution in [3.05, 3.63) is 77.6 Å². The second kappa shape index (κ2) is 8.90. The van der Waals surface area contributed by atoms with Gasteiger partial charge < -0.3 is 15.1 Å². The molecule has 6 nitrogen and oxygen atoms in total. The van der Waals surface area contributed by atoms with E-state index in [4.69, 9.17) is 4.42 Å². The summed E-state index contributed by atoms with van der Waals surface area (Å²) in [6.07, 6.45) is 2.26. The molecule has 156 valence electrons. The van der Waals surface area contributed by atoms with Gasteiger partial charge in [-0.25, -0.2) is 4.39 Å². The molecule has 0 saturated carbocycles. The minimum atomic E-state index is -0.570. The third kappa shape index (κ3) is 5.76. The fraction of sp³-hybridized carbons (Fsp3) is 0.261. The van der Waals surface area contributed by atoms with E-state index in [2.05, 4.69) is 15.6 Å². The first-order valence-electron chi connectivity index (χ1n) is 9.63. The molecule has 2 heterocycles. The van der Waals surface area contributed by atoms with E-state index in [1.165, 1.54) is 18.2 Å². The Morgan fingerprint density at radius 2 is 1.87 bits per heavy atom. The van der Waals surface area contributed by atoms with Crippen LogP contribution in [0.2, 0.25) is 0 Å². The Labute approximate surface area is 174 Å². The van der Waals surface area contributed by atoms with Crippen molar-refractivity contribution < 1.29 is 18.4 Å². The molecule has 0 saturated heterocycles. The summed E-state index contributed by atoms with van der Waals surface area (Å²) in [5.41, 5.74) is 0.987. The Hall–Kier alpha value is -3.48. The molecule has 0 radical (unpaired) electrons. The molecule has 1 aromatic carbocycles. The number of carbonyl (C=O) groups excluding carboxylic acids is 2. The molecule has 0 aliphatic carbocycles. The van der Waals surface area contributed by atoms with Gasteiger partial charge in [0.2, 0.25) is 0 Å². The zero-order chi connectivity index (χ0) is 21.7. The number of aromatic nitrogens is 1. The van der Waals surface area contributed by atoms with E-state index in [1.807, 2.05) is 39.0 Å². The number of carbonyl (C=O) groups is 2. The topological polar surface area (TPSA) is 84.2 Å². The van der Waals surface area contributed by atoms with Crippen LogP contribution in [-0.4, -0.2) is 28.9 Å². The van der Waals surface area contributed by atoms with E-state index in [9.17, 15) is 14.0 Å². The summed E-state index contributed by atoms with van der Waals surface area (Å²) >= 11 is 0. The first-order valence-corrected chi connectivity index (χ1v) is 9.63. The zero-order valence-electron chi connectivity index (χ0n) is 17.2. The molecule has 0 atom stereocenters. The van der Waals surface area contributed by atoms with Crippen LogP contribution >= 0.6 is 0 Å². The van der Waals surface area contributed by atoms with Crippen molar-refractivity contribution in [1.82, 2.24) is 15.6 Å². The molecule has 0 bridgehead atoms. The third-order valence-electron chi connectivity index (χ3n) is 4.16. The smallest absolute Gasteiger partial charge is 0.287 e. The van der Waals surface area contributed by atoms with Gasteiger partial charge >= 0.3 is 0 Å². The maximum Gasteiger partial charge on any atom is 0.287 e. The van der Waals surface area contributed by atoms with Crippen molar-refractivity contribution in [2.45, 2.75) is 32.7 Å². The highest BCUT2D eigenvalue weighted by molar-refractivity contribution is 5.95. The molecule has 3 aromatic rings. The van der Waals surface area contributed by atoms with Gasteiger partial charge in [-0.2, -0.15) is 0 Å². The van der Waals surface area contributed by atoms with Crippen molar-refractivity contribution in [3.8, 4) is 11.3 Å². The van der Waals surface area contributed by atoms with Gasteiger partial charge in [-0.15, -0.1) is 0 Å². The van der Waals surface area contributed by atoms with Crippen molar-refractivity contribution >= 4 is 11.8 Å². The summed E-state index contributed by atoms with van der Waals surface area (Å²) in [6, 6.07) is 12.6. The van der Waals surface area contributed by atoms with E-state index >= 15 is 0 Å². The number of halogens is 1. The summed E-state index contributed by atoms with van der Waals surface area (Å²) in [7, 11) is 0. The molecule has 0 unspecified atom stereocenters. The van der Waals surface area contributed by atoms with Crippen molar-refractivity contribution in [2.24, 2.45) is 0 Å². The second-order valence-corrected chi connectivity index (χ2v) is 7.92. The number of nitrogens with one attached hydrogen (secondary N) is 2. The fourth-order valence-corrected chi connectivity index (χ4v) is 2.83. The maximum absolute atomic E-state index is 14.1. The average molecular weight is 409 g/mol. The lowest BCUT2D eigenvalue weighted by Crippen LogP contribution is -2.40. The Balaban J connectivity index is 1.70. The molecule has 0 spiro atoms. The van der Waals surface area contributed by atoms with Crippen LogP contribution < -0.4 is 10.6 Å². The zero-order valence-corrected chi connectivity index (χ0v) is 17.2. The lowest BCUT2D eigenvalue weighted by molar-refractivity contribution is 0.0890. The summed E-state index contributed by atoms with van der Waals surface area (Å²) in [6.45, 7) is 5.96. The molecule has 7 heteroatoms. The molecular weight excluding hydrogens is 385 g/mol. The number of hydrogen-bond acceptors (Lipinski definition) is 4. The van der Waals surface area contributed by atoms with Gasteiger partial charge in [-0.3, -0.25) is 14.6 Å². The Morgan fingerprint density at radius 3 is 2.57 bits per heavy atom. The van der Waals surface area contributed by atoms with Crippen LogP contribution in [0, 0.1) is 5.82 Å². The van der Waals surface area contributed by atoms with Crippen LogP contribution in [0.25, 0.3) is 11.3 Å². The highest BCUT2D eigenvalue weighted by atomic mass is 19.1. The van der Waals surface area contributed by atoms with E-state index in [-0.39, 0.29) is 17.2 Å². The molecule has 30 heavy (non-hydrogen) atoms. The summed E-state index contributed by atoms with van der Waals surface area (Å²) in [4.78, 5) is 28.9. The first-order chi connectivity index (χ1) is 14.2. The predicted molar refractivity (Wildman–Crippen MR) is 112 cm³/mol. The van der Waals surface area contributed by atoms with Gasteiger partial charge in [0.15, 0.2) is 5.76 Å². The van der Waals surface area contributed by atoms with Crippen molar-refractivity contribution in [3.63, 3.8) is 0 Å². The molecule has 0 aliphatic rings. The normalized spacial score (nSPS) is 11.2. The van der Waals surface area contributed by atoms with Gasteiger partial charge in [0.1, 0.15) is 11.6 Å². The highest BCUT2D eigenvalue weighted by Gasteiger charge is 2.19. The largest absolute Gasteiger partial charge is 0.451 e. The Morgan fingerprint density at radius 1 is 1.07 bits per heavy atom. The van der Waals surface area contributed by atoms with Gasteiger partial charge in [0.25, 0.3) is 11.8 Å². The molecule has 0 fully saturated rings. The Kier molecular flexibility index (Phi) is 6.30. The van der Waals surface area contributed by atoms with Crippen LogP contribution in [0.5, 0.6) is 0 Å². The van der Waals surface area contributed by atoms with Crippen molar-refractivity contribution in [1.29, 1.82) is 0 Å². The van der Waals surface area contributed by atoms with Gasteiger partial charge in [0, 0.05) is 41.5 Å². The minimum Gasteiger partial charge on any atom is -0.451 e. The van der Waals surface area contributed by atoms with Gasteiger partial charge in [0.05, 0.1) is 0 Å². The van der Waals surface area contributed by atoms with Crippen LogP contribution in [0.4, 0.5) is 4.39 Å². The standard InChI is InChI=1S/C23H24FN3O3/c1-23(2,3)27-22(29)20-8-7-19(30-20)15-12-16(14-17(24)13-15)21(28)26-11-9-18-6-4-5-10-25-18/h4-8,10,12-14H,9,11H2,1-3H3,(H,26,28)(H,27,29). The first kappa shape index (κ1) is 21.2. The van der Waals surface area contributed by atoms with Crippen molar-refractivity contribution in [2.75, 3.05) is 6.54 Å². The number of rotatable bonds is 6. The number of furan rings is 1. The average Bonchev–Trinajstić information content (AvgIpc) is 3.17. The third-order valence-corrected chi connectivity index (χ3v) is 4.16. The van der Waals surface area contributed by atoms with Crippen LogP contribution in [0.1, 0.15) is 47.4 Å². The van der Waals surface area contributed by atoms with Crippen LogP contribution in [-0.2, 0) is 6.42 Å². The predicted octanol–water partition coefficient (Wildman–Crippen LogP) is 3.98. The fourth-order valence-electron chi connectivity index (χ4n) is 2.83. The molecule has 2 aromatic heterocycles. The molecule has 2 amide bonds. The van der Waals surface area contributed by atoms with Crippen LogP contribution in [0.3, 0.4) is 0 Å². The summed E-state index contributed by atoms with van der Waals surface area (Å²) in [5.74, 6) is -0.914. The summed E-state index contributed by atoms with van der Waals surface area (Å²) in [5, 5.41) is 5.56. The molecule has 0 aliphatic heterocycles. The number of nitrogens with zero attached hydrogens (tertiary/aromatic N) is 1. The second-order valence-electron chi connectivity index (χ2n) is 7.92. The maximum atomic E-state index is 14.1. The lowest BCUT2D eigenvalue weighted by atomic mass is 10.1.